The van der Waals surface area contributed by atoms with Crippen molar-refractivity contribution in [2.75, 3.05) is 11.9 Å². The van der Waals surface area contributed by atoms with Crippen molar-refractivity contribution in [1.82, 2.24) is 0 Å². The lowest BCUT2D eigenvalue weighted by molar-refractivity contribution is 0.0488. The number of fused-ring (bicyclic) bond motifs is 1. The van der Waals surface area contributed by atoms with Crippen molar-refractivity contribution in [3.05, 3.63) is 59.7 Å². The number of ether oxygens (including phenoxy) is 1. The van der Waals surface area contributed by atoms with Gasteiger partial charge in [-0.25, -0.2) is 4.79 Å². The zero-order valence-corrected chi connectivity index (χ0v) is 15.4. The molecule has 26 heavy (non-hydrogen) atoms. The molecule has 0 aromatic heterocycles. The quantitative estimate of drug-likeness (QED) is 0.813. The number of anilines is 1. The minimum absolute atomic E-state index is 0.188. The Labute approximate surface area is 153 Å². The fourth-order valence-corrected chi connectivity index (χ4v) is 3.67. The third-order valence-electron chi connectivity index (χ3n) is 3.94. The number of rotatable bonds is 5. The molecule has 2 aromatic rings. The Morgan fingerprint density at radius 3 is 2.50 bits per heavy atom. The first-order valence-electron chi connectivity index (χ1n) is 8.35. The molecular weight excluding hydrogens is 352 g/mol. The highest BCUT2D eigenvalue weighted by Gasteiger charge is 2.28. The first-order chi connectivity index (χ1) is 12.4. The van der Waals surface area contributed by atoms with Crippen LogP contribution in [-0.2, 0) is 14.8 Å². The van der Waals surface area contributed by atoms with Gasteiger partial charge in [-0.1, -0.05) is 26.0 Å². The molecule has 0 unspecified atom stereocenters. The molecule has 7 heteroatoms. The molecule has 0 saturated carbocycles. The number of nitrogens with one attached hydrogen (secondary N) is 1. The van der Waals surface area contributed by atoms with Gasteiger partial charge in [0, 0.05) is 11.3 Å². The number of carbonyl (C=O) groups excluding carboxylic acids is 1. The van der Waals surface area contributed by atoms with E-state index in [2.05, 4.69) is 23.6 Å². The minimum atomic E-state index is -3.66. The summed E-state index contributed by atoms with van der Waals surface area (Å²) >= 11 is 0. The molecule has 0 amide bonds. The molecule has 0 spiro atoms. The Morgan fingerprint density at radius 1 is 1.12 bits per heavy atom. The molecule has 3 rings (SSSR count). The van der Waals surface area contributed by atoms with Crippen LogP contribution < -0.4 is 5.32 Å². The zero-order chi connectivity index (χ0) is 18.7. The number of hydrogen-bond acceptors (Lipinski definition) is 5. The number of carbonyl (C=O) groups is 1. The van der Waals surface area contributed by atoms with Crippen LogP contribution in [0.4, 0.5) is 5.69 Å². The number of hydrogen-bond donors (Lipinski definition) is 1. The highest BCUT2D eigenvalue weighted by atomic mass is 32.2. The fraction of sp³-hybridized carbons (Fsp3) is 0.263. The normalized spacial score (nSPS) is 14.7. The summed E-state index contributed by atoms with van der Waals surface area (Å²) in [6.45, 7) is 4.53. The SMILES string of the molecule is CC(C)CCOC(=O)c1ccc(NC2=NS(=O)(=O)c3ccccc32)cc1. The first kappa shape index (κ1) is 18.1. The summed E-state index contributed by atoms with van der Waals surface area (Å²) in [4.78, 5) is 12.2. The van der Waals surface area contributed by atoms with E-state index < -0.39 is 10.0 Å². The van der Waals surface area contributed by atoms with Gasteiger partial charge in [0.2, 0.25) is 0 Å². The summed E-state index contributed by atoms with van der Waals surface area (Å²) in [5.41, 5.74) is 1.61. The van der Waals surface area contributed by atoms with E-state index in [9.17, 15) is 13.2 Å². The van der Waals surface area contributed by atoms with Gasteiger partial charge >= 0.3 is 5.97 Å². The first-order valence-corrected chi connectivity index (χ1v) is 9.79. The van der Waals surface area contributed by atoms with Gasteiger partial charge in [-0.05, 0) is 48.7 Å². The maximum Gasteiger partial charge on any atom is 0.338 e. The van der Waals surface area contributed by atoms with Gasteiger partial charge in [-0.2, -0.15) is 8.42 Å². The molecule has 0 saturated heterocycles. The Balaban J connectivity index is 1.70. The van der Waals surface area contributed by atoms with Gasteiger partial charge in [0.05, 0.1) is 12.2 Å². The molecule has 1 heterocycles. The molecule has 0 radical (unpaired) electrons. The summed E-state index contributed by atoms with van der Waals surface area (Å²) in [6.07, 6.45) is 0.819. The molecule has 0 atom stereocenters. The second-order valence-electron chi connectivity index (χ2n) is 6.43. The van der Waals surface area contributed by atoms with E-state index in [4.69, 9.17) is 4.74 Å². The summed E-state index contributed by atoms with van der Waals surface area (Å²) in [6, 6.07) is 13.3. The highest BCUT2D eigenvalue weighted by Crippen LogP contribution is 2.26. The third kappa shape index (κ3) is 3.94. The molecule has 0 bridgehead atoms. The Kier molecular flexibility index (Phi) is 5.08. The predicted molar refractivity (Wildman–Crippen MR) is 100.0 cm³/mol. The molecule has 1 aliphatic heterocycles. The maximum absolute atomic E-state index is 12.1. The maximum atomic E-state index is 12.1. The van der Waals surface area contributed by atoms with Crippen LogP contribution in [0.2, 0.25) is 0 Å². The Hall–Kier alpha value is -2.67. The summed E-state index contributed by atoms with van der Waals surface area (Å²) < 4.78 is 33.1. The van der Waals surface area contributed by atoms with E-state index in [1.807, 2.05) is 0 Å². The van der Waals surface area contributed by atoms with Crippen LogP contribution in [0.15, 0.2) is 57.8 Å². The van der Waals surface area contributed by atoms with Gasteiger partial charge in [-0.15, -0.1) is 4.40 Å². The molecule has 6 nitrogen and oxygen atoms in total. The second-order valence-corrected chi connectivity index (χ2v) is 8.00. The van der Waals surface area contributed by atoms with Crippen molar-refractivity contribution in [2.45, 2.75) is 25.2 Å². The van der Waals surface area contributed by atoms with Crippen molar-refractivity contribution >= 4 is 27.5 Å². The Morgan fingerprint density at radius 2 is 1.81 bits per heavy atom. The van der Waals surface area contributed by atoms with Crippen LogP contribution in [0.3, 0.4) is 0 Å². The standard InChI is InChI=1S/C19H20N2O4S/c1-13(2)11-12-25-19(22)14-7-9-15(10-8-14)20-18-16-5-3-4-6-17(16)26(23,24)21-18/h3-10,13H,11-12H2,1-2H3,(H,20,21). The topological polar surface area (TPSA) is 84.8 Å². The number of benzene rings is 2. The summed E-state index contributed by atoms with van der Waals surface area (Å²) in [7, 11) is -3.66. The van der Waals surface area contributed by atoms with Gasteiger partial charge < -0.3 is 10.1 Å². The van der Waals surface area contributed by atoms with E-state index >= 15 is 0 Å². The van der Waals surface area contributed by atoms with Crippen molar-refractivity contribution in [1.29, 1.82) is 0 Å². The van der Waals surface area contributed by atoms with Gasteiger partial charge in [0.1, 0.15) is 4.90 Å². The van der Waals surface area contributed by atoms with Crippen LogP contribution in [-0.4, -0.2) is 26.8 Å². The fourth-order valence-electron chi connectivity index (χ4n) is 2.49. The number of esters is 1. The molecule has 0 fully saturated rings. The summed E-state index contributed by atoms with van der Waals surface area (Å²) in [5, 5.41) is 3.00. The van der Waals surface area contributed by atoms with Crippen LogP contribution in [0.1, 0.15) is 36.2 Å². The predicted octanol–water partition coefficient (Wildman–Crippen LogP) is 3.45. The largest absolute Gasteiger partial charge is 0.462 e. The van der Waals surface area contributed by atoms with E-state index in [0.717, 1.165) is 6.42 Å². The molecule has 136 valence electrons. The Bertz CT molecular complexity index is 948. The average Bonchev–Trinajstić information content (AvgIpc) is 2.86. The van der Waals surface area contributed by atoms with E-state index in [-0.39, 0.29) is 16.7 Å². The number of amidine groups is 1. The smallest absolute Gasteiger partial charge is 0.338 e. The highest BCUT2D eigenvalue weighted by molar-refractivity contribution is 7.90. The molecule has 1 N–H and O–H groups in total. The van der Waals surface area contributed by atoms with Crippen molar-refractivity contribution in [3.63, 3.8) is 0 Å². The monoisotopic (exact) mass is 372 g/mol. The van der Waals surface area contributed by atoms with E-state index in [1.165, 1.54) is 6.07 Å². The van der Waals surface area contributed by atoms with Gasteiger partial charge in [-0.3, -0.25) is 0 Å². The lowest BCUT2D eigenvalue weighted by Crippen LogP contribution is -2.12. The second kappa shape index (κ2) is 7.29. The minimum Gasteiger partial charge on any atom is -0.462 e. The molecule has 1 aliphatic rings. The van der Waals surface area contributed by atoms with Crippen LogP contribution in [0.25, 0.3) is 0 Å². The summed E-state index contributed by atoms with van der Waals surface area (Å²) in [5.74, 6) is 0.372. The van der Waals surface area contributed by atoms with Gasteiger partial charge in [0.15, 0.2) is 5.84 Å². The van der Waals surface area contributed by atoms with Crippen LogP contribution >= 0.6 is 0 Å². The van der Waals surface area contributed by atoms with Gasteiger partial charge in [0.25, 0.3) is 10.0 Å². The molecular formula is C19H20N2O4S. The lowest BCUT2D eigenvalue weighted by atomic mass is 10.1. The third-order valence-corrected chi connectivity index (χ3v) is 5.28. The average molecular weight is 372 g/mol. The zero-order valence-electron chi connectivity index (χ0n) is 14.6. The van der Waals surface area contributed by atoms with E-state index in [0.29, 0.717) is 29.3 Å². The van der Waals surface area contributed by atoms with Crippen molar-refractivity contribution in [3.8, 4) is 0 Å². The lowest BCUT2D eigenvalue weighted by Gasteiger charge is -2.09. The molecule has 2 aromatic carbocycles. The number of sulfonamides is 1. The van der Waals surface area contributed by atoms with E-state index in [1.54, 1.807) is 42.5 Å². The molecule has 0 aliphatic carbocycles. The van der Waals surface area contributed by atoms with Crippen molar-refractivity contribution in [2.24, 2.45) is 10.3 Å². The number of nitrogens with zero attached hydrogens (tertiary/aromatic N) is 1. The van der Waals surface area contributed by atoms with Crippen LogP contribution in [0, 0.1) is 5.92 Å². The van der Waals surface area contributed by atoms with Crippen molar-refractivity contribution < 1.29 is 17.9 Å². The van der Waals surface area contributed by atoms with Crippen LogP contribution in [0.5, 0.6) is 0 Å².